The van der Waals surface area contributed by atoms with Gasteiger partial charge in [-0.3, -0.25) is 0 Å². The summed E-state index contributed by atoms with van der Waals surface area (Å²) >= 11 is 0. The topological polar surface area (TPSA) is 49.9 Å². The van der Waals surface area contributed by atoms with Crippen LogP contribution in [0, 0.1) is 5.41 Å². The second kappa shape index (κ2) is 5.99. The van der Waals surface area contributed by atoms with E-state index in [1.807, 2.05) is 12.1 Å². The van der Waals surface area contributed by atoms with E-state index in [9.17, 15) is 0 Å². The van der Waals surface area contributed by atoms with Gasteiger partial charge in [0.15, 0.2) is 0 Å². The Labute approximate surface area is 154 Å². The first kappa shape index (κ1) is 16.3. The lowest BCUT2D eigenvalue weighted by Gasteiger charge is -2.22. The minimum Gasteiger partial charge on any atom is -0.398 e. The summed E-state index contributed by atoms with van der Waals surface area (Å²) in [5.41, 5.74) is 15.3. The summed E-state index contributed by atoms with van der Waals surface area (Å²) in [6.45, 7) is 4.59. The molecule has 0 aliphatic heterocycles. The van der Waals surface area contributed by atoms with E-state index in [0.29, 0.717) is 5.70 Å². The van der Waals surface area contributed by atoms with Gasteiger partial charge in [-0.15, -0.1) is 0 Å². The van der Waals surface area contributed by atoms with Crippen LogP contribution in [0.15, 0.2) is 72.8 Å². The Hall–Kier alpha value is -3.13. The Morgan fingerprint density at radius 2 is 1.58 bits per heavy atom. The van der Waals surface area contributed by atoms with Gasteiger partial charge in [0.25, 0.3) is 0 Å². The van der Waals surface area contributed by atoms with Gasteiger partial charge >= 0.3 is 0 Å². The van der Waals surface area contributed by atoms with Crippen molar-refractivity contribution in [1.82, 2.24) is 0 Å². The van der Waals surface area contributed by atoms with Crippen molar-refractivity contribution >= 4 is 11.9 Å². The number of hydrogen-bond donors (Lipinski definition) is 2. The van der Waals surface area contributed by atoms with E-state index in [-0.39, 0.29) is 5.41 Å². The highest BCUT2D eigenvalue weighted by atomic mass is 14.6. The molecule has 1 aliphatic rings. The van der Waals surface area contributed by atoms with Crippen LogP contribution in [0.25, 0.3) is 28.0 Å². The maximum atomic E-state index is 7.21. The van der Waals surface area contributed by atoms with E-state index in [0.717, 1.165) is 11.1 Å². The summed E-state index contributed by atoms with van der Waals surface area (Å²) in [7, 11) is 0. The summed E-state index contributed by atoms with van der Waals surface area (Å²) in [5.74, 6) is 0. The van der Waals surface area contributed by atoms with Gasteiger partial charge in [-0.1, -0.05) is 68.4 Å². The van der Waals surface area contributed by atoms with Crippen molar-refractivity contribution in [3.05, 3.63) is 89.5 Å². The molecule has 3 aromatic carbocycles. The molecular weight excluding hydrogens is 316 g/mol. The maximum Gasteiger partial charge on any atom is 0.0403 e. The Bertz CT molecular complexity index is 1040. The smallest absolute Gasteiger partial charge is 0.0403 e. The van der Waals surface area contributed by atoms with Gasteiger partial charge in [0.1, 0.15) is 0 Å². The molecule has 0 saturated carbocycles. The highest BCUT2D eigenvalue weighted by Crippen LogP contribution is 2.49. The number of rotatable bonds is 3. The molecule has 0 atom stereocenters. The van der Waals surface area contributed by atoms with Crippen molar-refractivity contribution in [2.75, 3.05) is 0 Å². The fraction of sp³-hybridized carbons (Fsp3) is 0.125. The van der Waals surface area contributed by atoms with Crippen LogP contribution in [-0.2, 0) is 5.41 Å². The van der Waals surface area contributed by atoms with Crippen LogP contribution in [0.3, 0.4) is 0 Å². The normalized spacial score (nSPS) is 14.6. The largest absolute Gasteiger partial charge is 0.398 e. The quantitative estimate of drug-likeness (QED) is 0.599. The van der Waals surface area contributed by atoms with E-state index < -0.39 is 0 Å². The maximum absolute atomic E-state index is 7.21. The van der Waals surface area contributed by atoms with Crippen LogP contribution in [-0.4, -0.2) is 6.21 Å². The zero-order chi connectivity index (χ0) is 18.3. The zero-order valence-electron chi connectivity index (χ0n) is 15.1. The molecule has 0 radical (unpaired) electrons. The van der Waals surface area contributed by atoms with Crippen molar-refractivity contribution < 1.29 is 0 Å². The van der Waals surface area contributed by atoms with Gasteiger partial charge in [-0.25, -0.2) is 0 Å². The number of allylic oxidation sites excluding steroid dienone is 1. The molecule has 0 unspecified atom stereocenters. The second-order valence-electron chi connectivity index (χ2n) is 7.30. The summed E-state index contributed by atoms with van der Waals surface area (Å²) < 4.78 is 0. The van der Waals surface area contributed by atoms with E-state index in [2.05, 4.69) is 68.4 Å². The van der Waals surface area contributed by atoms with E-state index >= 15 is 0 Å². The molecule has 0 amide bonds. The predicted molar refractivity (Wildman–Crippen MR) is 110 cm³/mol. The van der Waals surface area contributed by atoms with Gasteiger partial charge in [0.05, 0.1) is 0 Å². The van der Waals surface area contributed by atoms with Crippen LogP contribution < -0.4 is 5.73 Å². The number of benzene rings is 3. The molecule has 1 aliphatic carbocycles. The molecule has 0 bridgehead atoms. The van der Waals surface area contributed by atoms with E-state index in [1.54, 1.807) is 6.08 Å². The van der Waals surface area contributed by atoms with Crippen molar-refractivity contribution in [1.29, 1.82) is 5.41 Å². The fourth-order valence-corrected chi connectivity index (χ4v) is 3.95. The number of hydrogen-bond acceptors (Lipinski definition) is 2. The summed E-state index contributed by atoms with van der Waals surface area (Å²) in [6, 6.07) is 23.6. The molecule has 0 fully saturated rings. The second-order valence-corrected chi connectivity index (χ2v) is 7.30. The minimum absolute atomic E-state index is 0.00133. The molecular formula is C24H22N2. The molecule has 0 spiro atoms. The SMILES string of the molecule is CC1(C)c2ccccc2-c2ccc(-c3cccc(/C(N)=C/C=N)c3)cc21. The molecule has 26 heavy (non-hydrogen) atoms. The van der Waals surface area contributed by atoms with Crippen molar-refractivity contribution in [2.24, 2.45) is 5.73 Å². The van der Waals surface area contributed by atoms with Crippen LogP contribution in [0.4, 0.5) is 0 Å². The average molecular weight is 338 g/mol. The van der Waals surface area contributed by atoms with Gasteiger partial charge < -0.3 is 11.1 Å². The lowest BCUT2D eigenvalue weighted by Crippen LogP contribution is -2.14. The molecule has 3 N–H and O–H groups in total. The highest BCUT2D eigenvalue weighted by Gasteiger charge is 2.35. The van der Waals surface area contributed by atoms with E-state index in [1.165, 1.54) is 34.0 Å². The van der Waals surface area contributed by atoms with Crippen LogP contribution in [0.5, 0.6) is 0 Å². The van der Waals surface area contributed by atoms with Gasteiger partial charge in [0, 0.05) is 17.3 Å². The Morgan fingerprint density at radius 3 is 2.38 bits per heavy atom. The number of fused-ring (bicyclic) bond motifs is 3. The van der Waals surface area contributed by atoms with Crippen LogP contribution >= 0.6 is 0 Å². The Kier molecular flexibility index (Phi) is 3.77. The van der Waals surface area contributed by atoms with Gasteiger partial charge in [-0.2, -0.15) is 0 Å². The number of nitrogens with two attached hydrogens (primary N) is 1. The molecule has 2 nitrogen and oxygen atoms in total. The summed E-state index contributed by atoms with van der Waals surface area (Å²) in [6.07, 6.45) is 2.83. The van der Waals surface area contributed by atoms with Crippen molar-refractivity contribution in [3.8, 4) is 22.3 Å². The molecule has 0 saturated heterocycles. The third kappa shape index (κ3) is 2.46. The first-order valence-electron chi connectivity index (χ1n) is 8.84. The zero-order valence-corrected chi connectivity index (χ0v) is 15.1. The van der Waals surface area contributed by atoms with Crippen LogP contribution in [0.1, 0.15) is 30.5 Å². The standard InChI is InChI=1S/C24H22N2/c1-24(2)21-9-4-3-8-19(21)20-11-10-17(15-22(20)24)16-6-5-7-18(14-16)23(26)12-13-25/h3-15,25H,26H2,1-2H3/b23-12-,25-13?. The fourth-order valence-electron chi connectivity index (χ4n) is 3.95. The molecule has 0 aromatic heterocycles. The Balaban J connectivity index is 1.83. The van der Waals surface area contributed by atoms with Gasteiger partial charge in [-0.05, 0) is 57.2 Å². The van der Waals surface area contributed by atoms with E-state index in [4.69, 9.17) is 11.1 Å². The average Bonchev–Trinajstić information content (AvgIpc) is 2.90. The Morgan fingerprint density at radius 1 is 0.846 bits per heavy atom. The third-order valence-electron chi connectivity index (χ3n) is 5.38. The van der Waals surface area contributed by atoms with Crippen LogP contribution in [0.2, 0.25) is 0 Å². The molecule has 4 rings (SSSR count). The first-order chi connectivity index (χ1) is 12.5. The molecule has 0 heterocycles. The first-order valence-corrected chi connectivity index (χ1v) is 8.84. The molecule has 2 heteroatoms. The monoisotopic (exact) mass is 338 g/mol. The van der Waals surface area contributed by atoms with Gasteiger partial charge in [0.2, 0.25) is 0 Å². The molecule has 3 aromatic rings. The summed E-state index contributed by atoms with van der Waals surface area (Å²) in [4.78, 5) is 0. The molecule has 128 valence electrons. The lowest BCUT2D eigenvalue weighted by atomic mass is 9.81. The van der Waals surface area contributed by atoms with Crippen molar-refractivity contribution in [3.63, 3.8) is 0 Å². The highest BCUT2D eigenvalue weighted by molar-refractivity contribution is 5.85. The summed E-state index contributed by atoms with van der Waals surface area (Å²) in [5, 5.41) is 7.21. The van der Waals surface area contributed by atoms with Crippen molar-refractivity contribution in [2.45, 2.75) is 19.3 Å². The minimum atomic E-state index is -0.00133. The third-order valence-corrected chi connectivity index (χ3v) is 5.38. The number of nitrogens with one attached hydrogen (secondary N) is 1. The lowest BCUT2D eigenvalue weighted by molar-refractivity contribution is 0.660. The predicted octanol–water partition coefficient (Wildman–Crippen LogP) is 5.61.